The van der Waals surface area contributed by atoms with Crippen molar-refractivity contribution in [3.8, 4) is 11.3 Å². The van der Waals surface area contributed by atoms with E-state index in [1.807, 2.05) is 37.3 Å². The SMILES string of the molecule is Cc1sc([N+]#N)nc1-c1ccccc1. The highest BCUT2D eigenvalue weighted by Crippen LogP contribution is 2.31. The van der Waals surface area contributed by atoms with Crippen LogP contribution in [0.25, 0.3) is 16.2 Å². The molecule has 0 fully saturated rings. The number of aryl methyl sites for hydroxylation is 1. The minimum Gasteiger partial charge on any atom is -0.0622 e. The number of diazo groups is 1. The topological polar surface area (TPSA) is 41.0 Å². The van der Waals surface area contributed by atoms with Gasteiger partial charge >= 0.3 is 5.13 Å². The zero-order valence-electron chi connectivity index (χ0n) is 7.64. The third kappa shape index (κ3) is 1.50. The van der Waals surface area contributed by atoms with Gasteiger partial charge in [-0.1, -0.05) is 30.3 Å². The molecule has 0 unspecified atom stereocenters. The summed E-state index contributed by atoms with van der Waals surface area (Å²) in [6.07, 6.45) is 0. The molecule has 0 saturated carbocycles. The van der Waals surface area contributed by atoms with Gasteiger partial charge in [0, 0.05) is 10.5 Å². The van der Waals surface area contributed by atoms with Gasteiger partial charge in [-0.2, -0.15) is 0 Å². The van der Waals surface area contributed by atoms with E-state index < -0.39 is 0 Å². The van der Waals surface area contributed by atoms with E-state index in [-0.39, 0.29) is 0 Å². The number of hydrogen-bond acceptors (Lipinski definition) is 3. The third-order valence-corrected chi connectivity index (χ3v) is 2.77. The monoisotopic (exact) mass is 202 g/mol. The molecule has 0 bridgehead atoms. The Kier molecular flexibility index (Phi) is 2.25. The van der Waals surface area contributed by atoms with Crippen LogP contribution in [0.4, 0.5) is 5.13 Å². The minimum absolute atomic E-state index is 0.404. The Balaban J connectivity index is 2.53. The van der Waals surface area contributed by atoms with Crippen molar-refractivity contribution in [1.82, 2.24) is 4.98 Å². The number of aromatic nitrogens is 1. The lowest BCUT2D eigenvalue weighted by molar-refractivity contribution is 1.36. The maximum atomic E-state index is 8.60. The highest BCUT2D eigenvalue weighted by molar-refractivity contribution is 7.16. The quantitative estimate of drug-likeness (QED) is 0.663. The fourth-order valence-electron chi connectivity index (χ4n) is 1.29. The summed E-state index contributed by atoms with van der Waals surface area (Å²) in [4.78, 5) is 8.34. The molecule has 0 atom stereocenters. The van der Waals surface area contributed by atoms with Gasteiger partial charge in [0.05, 0.1) is 10.3 Å². The molecule has 1 aromatic carbocycles. The van der Waals surface area contributed by atoms with Crippen LogP contribution in [-0.2, 0) is 0 Å². The van der Waals surface area contributed by atoms with Gasteiger partial charge in [0.1, 0.15) is 0 Å². The van der Waals surface area contributed by atoms with Crippen LogP contribution in [0.2, 0.25) is 0 Å². The summed E-state index contributed by atoms with van der Waals surface area (Å²) in [6, 6.07) is 9.86. The van der Waals surface area contributed by atoms with Gasteiger partial charge in [0.2, 0.25) is 0 Å². The summed E-state index contributed by atoms with van der Waals surface area (Å²) in [5.74, 6) is 0. The van der Waals surface area contributed by atoms with E-state index in [2.05, 4.69) is 9.96 Å². The molecular formula is C10H8N3S+. The van der Waals surface area contributed by atoms with Gasteiger partial charge in [0.25, 0.3) is 0 Å². The average molecular weight is 202 g/mol. The van der Waals surface area contributed by atoms with Crippen LogP contribution >= 0.6 is 11.3 Å². The third-order valence-electron chi connectivity index (χ3n) is 1.92. The lowest BCUT2D eigenvalue weighted by Crippen LogP contribution is -1.78. The Hall–Kier alpha value is -1.73. The van der Waals surface area contributed by atoms with Crippen LogP contribution in [0.3, 0.4) is 0 Å². The highest BCUT2D eigenvalue weighted by Gasteiger charge is 2.19. The molecular weight excluding hydrogens is 194 g/mol. The molecule has 0 aliphatic heterocycles. The maximum Gasteiger partial charge on any atom is 0.524 e. The average Bonchev–Trinajstić information content (AvgIpc) is 2.61. The molecule has 0 saturated heterocycles. The first kappa shape index (κ1) is 8.85. The van der Waals surface area contributed by atoms with Crippen LogP contribution < -0.4 is 0 Å². The zero-order valence-corrected chi connectivity index (χ0v) is 8.45. The smallest absolute Gasteiger partial charge is 0.0622 e. The minimum atomic E-state index is 0.404. The molecule has 14 heavy (non-hydrogen) atoms. The summed E-state index contributed by atoms with van der Waals surface area (Å²) in [5.41, 5.74) is 1.94. The van der Waals surface area contributed by atoms with E-state index in [0.717, 1.165) is 16.1 Å². The Morgan fingerprint density at radius 1 is 1.29 bits per heavy atom. The van der Waals surface area contributed by atoms with Crippen molar-refractivity contribution in [3.63, 3.8) is 0 Å². The highest BCUT2D eigenvalue weighted by atomic mass is 32.1. The molecule has 1 aromatic heterocycles. The van der Waals surface area contributed by atoms with Crippen molar-refractivity contribution in [2.75, 3.05) is 0 Å². The van der Waals surface area contributed by atoms with Gasteiger partial charge in [-0.15, -0.1) is 0 Å². The molecule has 3 nitrogen and oxygen atoms in total. The van der Waals surface area contributed by atoms with Crippen LogP contribution in [0.5, 0.6) is 0 Å². The number of nitrogens with zero attached hydrogens (tertiary/aromatic N) is 3. The summed E-state index contributed by atoms with van der Waals surface area (Å²) in [7, 11) is 0. The fourth-order valence-corrected chi connectivity index (χ4v) is 2.00. The summed E-state index contributed by atoms with van der Waals surface area (Å²) in [5, 5.41) is 9.00. The maximum absolute atomic E-state index is 8.60. The van der Waals surface area contributed by atoms with Crippen molar-refractivity contribution in [1.29, 1.82) is 5.39 Å². The molecule has 2 aromatic rings. The van der Waals surface area contributed by atoms with Crippen LogP contribution in [-0.4, -0.2) is 4.98 Å². The first-order valence-electron chi connectivity index (χ1n) is 4.19. The Morgan fingerprint density at radius 2 is 2.00 bits per heavy atom. The number of hydrogen-bond donors (Lipinski definition) is 0. The van der Waals surface area contributed by atoms with E-state index in [4.69, 9.17) is 5.39 Å². The molecule has 4 heteroatoms. The van der Waals surface area contributed by atoms with Gasteiger partial charge in [-0.25, -0.2) is 0 Å². The lowest BCUT2D eigenvalue weighted by atomic mass is 10.1. The second-order valence-corrected chi connectivity index (χ2v) is 4.05. The standard InChI is InChI=1S/C10H8N3S/c1-7-9(12-10(13-11)14-7)8-5-3-2-4-6-8/h2-6H,1H3/q+1. The Labute approximate surface area is 85.7 Å². The van der Waals surface area contributed by atoms with E-state index in [1.54, 1.807) is 0 Å². The van der Waals surface area contributed by atoms with Crippen LogP contribution in [0.15, 0.2) is 30.3 Å². The summed E-state index contributed by atoms with van der Waals surface area (Å²) in [6.45, 7) is 1.97. The predicted octanol–water partition coefficient (Wildman–Crippen LogP) is 3.60. The van der Waals surface area contributed by atoms with Crippen molar-refractivity contribution in [3.05, 3.63) is 40.2 Å². The molecule has 2 rings (SSSR count). The Morgan fingerprint density at radius 3 is 2.57 bits per heavy atom. The molecule has 0 aliphatic carbocycles. The predicted molar refractivity (Wildman–Crippen MR) is 57.0 cm³/mol. The number of benzene rings is 1. The zero-order chi connectivity index (χ0) is 9.97. The summed E-state index contributed by atoms with van der Waals surface area (Å²) < 4.78 is 0. The Bertz CT molecular complexity index is 482. The van der Waals surface area contributed by atoms with Gasteiger partial charge in [-0.3, -0.25) is 0 Å². The molecule has 68 valence electrons. The first-order chi connectivity index (χ1) is 6.81. The molecule has 0 amide bonds. The van der Waals surface area contributed by atoms with Crippen molar-refractivity contribution < 1.29 is 0 Å². The lowest BCUT2D eigenvalue weighted by Gasteiger charge is -1.91. The van der Waals surface area contributed by atoms with Crippen LogP contribution in [0.1, 0.15) is 4.88 Å². The van der Waals surface area contributed by atoms with E-state index in [0.29, 0.717) is 5.13 Å². The van der Waals surface area contributed by atoms with E-state index in [1.165, 1.54) is 11.3 Å². The molecule has 1 heterocycles. The molecule has 0 spiro atoms. The van der Waals surface area contributed by atoms with Crippen molar-refractivity contribution >= 4 is 16.5 Å². The second kappa shape index (κ2) is 3.56. The number of thiazole rings is 1. The first-order valence-corrected chi connectivity index (χ1v) is 5.01. The normalized spacial score (nSPS) is 9.71. The van der Waals surface area contributed by atoms with Crippen molar-refractivity contribution in [2.45, 2.75) is 6.92 Å². The van der Waals surface area contributed by atoms with E-state index >= 15 is 0 Å². The summed E-state index contributed by atoms with van der Waals surface area (Å²) >= 11 is 1.38. The molecule has 0 radical (unpaired) electrons. The second-order valence-electron chi connectivity index (χ2n) is 2.87. The molecule has 0 N–H and O–H groups in total. The van der Waals surface area contributed by atoms with Crippen molar-refractivity contribution in [2.24, 2.45) is 0 Å². The fraction of sp³-hybridized carbons (Fsp3) is 0.100. The largest absolute Gasteiger partial charge is 0.524 e. The van der Waals surface area contributed by atoms with Gasteiger partial charge in [0.15, 0.2) is 5.69 Å². The van der Waals surface area contributed by atoms with Crippen LogP contribution in [0, 0.1) is 12.3 Å². The molecule has 0 aliphatic rings. The van der Waals surface area contributed by atoms with Gasteiger partial charge in [-0.05, 0) is 23.2 Å². The van der Waals surface area contributed by atoms with Gasteiger partial charge < -0.3 is 0 Å². The number of rotatable bonds is 1. The van der Waals surface area contributed by atoms with E-state index in [9.17, 15) is 0 Å².